The van der Waals surface area contributed by atoms with Crippen LogP contribution in [-0.4, -0.2) is 15.2 Å². The third-order valence-electron chi connectivity index (χ3n) is 3.18. The van der Waals surface area contributed by atoms with E-state index in [4.69, 9.17) is 14.6 Å². The van der Waals surface area contributed by atoms with E-state index < -0.39 is 0 Å². The van der Waals surface area contributed by atoms with Crippen molar-refractivity contribution in [2.45, 2.75) is 0 Å². The van der Waals surface area contributed by atoms with E-state index in [-0.39, 0.29) is 6.01 Å². The Morgan fingerprint density at radius 3 is 2.59 bits per heavy atom. The van der Waals surface area contributed by atoms with Gasteiger partial charge in [-0.15, -0.1) is 5.10 Å². The van der Waals surface area contributed by atoms with Crippen molar-refractivity contribution in [1.82, 2.24) is 15.2 Å². The van der Waals surface area contributed by atoms with E-state index in [0.29, 0.717) is 22.9 Å². The molecule has 6 nitrogen and oxygen atoms in total. The van der Waals surface area contributed by atoms with Crippen molar-refractivity contribution in [2.24, 2.45) is 0 Å². The van der Waals surface area contributed by atoms with E-state index in [9.17, 15) is 0 Å². The third kappa shape index (κ3) is 2.15. The van der Waals surface area contributed by atoms with E-state index in [2.05, 4.69) is 31.1 Å². The summed E-state index contributed by atoms with van der Waals surface area (Å²) in [4.78, 5) is 4.52. The number of nitrogen functional groups attached to an aromatic ring is 1. The van der Waals surface area contributed by atoms with Crippen molar-refractivity contribution < 1.29 is 8.83 Å². The standard InChI is InChI=1S/C15H9BrN4O2/c16-10-4-2-1-3-9(10)14-18-11-7-8(5-6-12(11)21-14)13-19-20-15(17)22-13/h1-7H,(H2,17,20). The lowest BCUT2D eigenvalue weighted by molar-refractivity contribution is 0.590. The van der Waals surface area contributed by atoms with Gasteiger partial charge in [-0.05, 0) is 46.3 Å². The summed E-state index contributed by atoms with van der Waals surface area (Å²) in [6.45, 7) is 0. The predicted molar refractivity (Wildman–Crippen MR) is 84.8 cm³/mol. The van der Waals surface area contributed by atoms with Gasteiger partial charge in [0.25, 0.3) is 0 Å². The van der Waals surface area contributed by atoms with Crippen LogP contribution in [0.15, 0.2) is 55.8 Å². The highest BCUT2D eigenvalue weighted by Crippen LogP contribution is 2.31. The summed E-state index contributed by atoms with van der Waals surface area (Å²) in [7, 11) is 0. The Morgan fingerprint density at radius 2 is 1.82 bits per heavy atom. The highest BCUT2D eigenvalue weighted by molar-refractivity contribution is 9.10. The molecule has 0 spiro atoms. The molecular weight excluding hydrogens is 348 g/mol. The number of anilines is 1. The molecular formula is C15H9BrN4O2. The molecule has 2 N–H and O–H groups in total. The molecule has 0 unspecified atom stereocenters. The predicted octanol–water partition coefficient (Wildman–Crippen LogP) is 3.89. The highest BCUT2D eigenvalue weighted by atomic mass is 79.9. The monoisotopic (exact) mass is 356 g/mol. The first-order valence-corrected chi connectivity index (χ1v) is 7.25. The summed E-state index contributed by atoms with van der Waals surface area (Å²) in [6.07, 6.45) is 0. The van der Waals surface area contributed by atoms with Crippen molar-refractivity contribution in [3.05, 3.63) is 46.9 Å². The van der Waals surface area contributed by atoms with Crippen LogP contribution in [0.2, 0.25) is 0 Å². The Kier molecular flexibility index (Phi) is 2.93. The maximum atomic E-state index is 5.80. The minimum Gasteiger partial charge on any atom is -0.436 e. The summed E-state index contributed by atoms with van der Waals surface area (Å²) >= 11 is 3.50. The van der Waals surface area contributed by atoms with Crippen molar-refractivity contribution in [3.8, 4) is 22.9 Å². The van der Waals surface area contributed by atoms with Gasteiger partial charge in [-0.2, -0.15) is 0 Å². The van der Waals surface area contributed by atoms with Crippen LogP contribution in [0, 0.1) is 0 Å². The van der Waals surface area contributed by atoms with Gasteiger partial charge in [0.2, 0.25) is 11.8 Å². The van der Waals surface area contributed by atoms with Gasteiger partial charge in [-0.25, -0.2) is 4.98 Å². The van der Waals surface area contributed by atoms with Gasteiger partial charge in [-0.1, -0.05) is 17.2 Å². The van der Waals surface area contributed by atoms with Gasteiger partial charge in [-0.3, -0.25) is 0 Å². The molecule has 0 saturated heterocycles. The number of hydrogen-bond donors (Lipinski definition) is 1. The number of benzene rings is 2. The maximum Gasteiger partial charge on any atom is 0.313 e. The Labute approximate surface area is 133 Å². The molecule has 4 rings (SSSR count). The third-order valence-corrected chi connectivity index (χ3v) is 3.87. The number of rotatable bonds is 2. The molecule has 0 bridgehead atoms. The zero-order chi connectivity index (χ0) is 15.1. The van der Waals surface area contributed by atoms with Gasteiger partial charge in [0, 0.05) is 10.0 Å². The minimum absolute atomic E-state index is 0.0316. The zero-order valence-electron chi connectivity index (χ0n) is 11.2. The molecule has 0 aliphatic rings. The van der Waals surface area contributed by atoms with Gasteiger partial charge >= 0.3 is 6.01 Å². The second kappa shape index (κ2) is 4.96. The molecule has 0 radical (unpaired) electrons. The average molecular weight is 357 g/mol. The lowest BCUT2D eigenvalue weighted by atomic mass is 10.2. The lowest BCUT2D eigenvalue weighted by Crippen LogP contribution is -1.81. The van der Waals surface area contributed by atoms with Crippen LogP contribution in [0.5, 0.6) is 0 Å². The smallest absolute Gasteiger partial charge is 0.313 e. The largest absolute Gasteiger partial charge is 0.436 e. The number of nitrogens with zero attached hydrogens (tertiary/aromatic N) is 3. The van der Waals surface area contributed by atoms with Crippen LogP contribution >= 0.6 is 15.9 Å². The van der Waals surface area contributed by atoms with E-state index in [1.807, 2.05) is 42.5 Å². The van der Waals surface area contributed by atoms with Crippen LogP contribution in [0.1, 0.15) is 0 Å². The zero-order valence-corrected chi connectivity index (χ0v) is 12.7. The number of halogens is 1. The van der Waals surface area contributed by atoms with Gasteiger partial charge in [0.15, 0.2) is 5.58 Å². The van der Waals surface area contributed by atoms with E-state index >= 15 is 0 Å². The molecule has 22 heavy (non-hydrogen) atoms. The number of fused-ring (bicyclic) bond motifs is 1. The van der Waals surface area contributed by atoms with Gasteiger partial charge < -0.3 is 14.6 Å². The fourth-order valence-corrected chi connectivity index (χ4v) is 2.62. The SMILES string of the molecule is Nc1nnc(-c2ccc3oc(-c4ccccc4Br)nc3c2)o1. The average Bonchev–Trinajstić information content (AvgIpc) is 3.12. The molecule has 0 saturated carbocycles. The second-order valence-electron chi connectivity index (χ2n) is 4.63. The fourth-order valence-electron chi connectivity index (χ4n) is 2.16. The van der Waals surface area contributed by atoms with Crippen molar-refractivity contribution in [2.75, 3.05) is 5.73 Å². The van der Waals surface area contributed by atoms with Crippen molar-refractivity contribution >= 4 is 33.0 Å². The molecule has 4 aromatic rings. The molecule has 0 atom stereocenters. The van der Waals surface area contributed by atoms with E-state index in [1.165, 1.54) is 0 Å². The Bertz CT molecular complexity index is 977. The molecule has 0 amide bonds. The Morgan fingerprint density at radius 1 is 0.955 bits per heavy atom. The van der Waals surface area contributed by atoms with Crippen LogP contribution in [0.25, 0.3) is 34.0 Å². The minimum atomic E-state index is 0.0316. The summed E-state index contributed by atoms with van der Waals surface area (Å²) in [5.74, 6) is 0.898. The molecule has 0 aliphatic carbocycles. The van der Waals surface area contributed by atoms with Crippen LogP contribution in [-0.2, 0) is 0 Å². The van der Waals surface area contributed by atoms with Crippen LogP contribution < -0.4 is 5.73 Å². The van der Waals surface area contributed by atoms with E-state index in [0.717, 1.165) is 15.6 Å². The molecule has 2 heterocycles. The van der Waals surface area contributed by atoms with Gasteiger partial charge in [0.1, 0.15) is 5.52 Å². The number of hydrogen-bond acceptors (Lipinski definition) is 6. The second-order valence-corrected chi connectivity index (χ2v) is 5.48. The molecule has 7 heteroatoms. The van der Waals surface area contributed by atoms with E-state index in [1.54, 1.807) is 0 Å². The summed E-state index contributed by atoms with van der Waals surface area (Å²) < 4.78 is 11.9. The summed E-state index contributed by atoms with van der Waals surface area (Å²) in [5.41, 5.74) is 8.47. The van der Waals surface area contributed by atoms with Crippen molar-refractivity contribution in [1.29, 1.82) is 0 Å². The first-order valence-electron chi connectivity index (χ1n) is 6.45. The van der Waals surface area contributed by atoms with Gasteiger partial charge in [0.05, 0.1) is 5.56 Å². The van der Waals surface area contributed by atoms with Crippen LogP contribution in [0.4, 0.5) is 6.01 Å². The Hall–Kier alpha value is -2.67. The molecule has 0 fully saturated rings. The molecule has 0 aliphatic heterocycles. The summed E-state index contributed by atoms with van der Waals surface area (Å²) in [6, 6.07) is 13.2. The number of aromatic nitrogens is 3. The topological polar surface area (TPSA) is 91.0 Å². The number of nitrogens with two attached hydrogens (primary N) is 1. The molecule has 2 aromatic carbocycles. The first kappa shape index (κ1) is 13.0. The maximum absolute atomic E-state index is 5.80. The highest BCUT2D eigenvalue weighted by Gasteiger charge is 2.13. The quantitative estimate of drug-likeness (QED) is 0.585. The molecule has 108 valence electrons. The Balaban J connectivity index is 1.83. The molecule has 2 aromatic heterocycles. The summed E-state index contributed by atoms with van der Waals surface area (Å²) in [5, 5.41) is 7.51. The first-order chi connectivity index (χ1) is 10.7. The van der Waals surface area contributed by atoms with Crippen molar-refractivity contribution in [3.63, 3.8) is 0 Å². The normalized spacial score (nSPS) is 11.1. The fraction of sp³-hybridized carbons (Fsp3) is 0. The lowest BCUT2D eigenvalue weighted by Gasteiger charge is -1.97. The van der Waals surface area contributed by atoms with Crippen LogP contribution in [0.3, 0.4) is 0 Å². The number of oxazole rings is 1.